The van der Waals surface area contributed by atoms with E-state index in [2.05, 4.69) is 45.5 Å². The highest BCUT2D eigenvalue weighted by atomic mass is 16.5. The Bertz CT molecular complexity index is 870. The summed E-state index contributed by atoms with van der Waals surface area (Å²) in [6, 6.07) is 6.16. The van der Waals surface area contributed by atoms with Gasteiger partial charge in [-0.1, -0.05) is 6.92 Å². The van der Waals surface area contributed by atoms with E-state index in [0.717, 1.165) is 46.6 Å². The summed E-state index contributed by atoms with van der Waals surface area (Å²) in [5.41, 5.74) is 3.28. The van der Waals surface area contributed by atoms with Gasteiger partial charge in [0.05, 0.1) is 12.6 Å². The van der Waals surface area contributed by atoms with Crippen LogP contribution in [0, 0.1) is 5.92 Å². The number of aromatic nitrogens is 3. The predicted octanol–water partition coefficient (Wildman–Crippen LogP) is 3.37. The van der Waals surface area contributed by atoms with Crippen molar-refractivity contribution in [2.45, 2.75) is 19.8 Å². The zero-order valence-corrected chi connectivity index (χ0v) is 13.9. The molecule has 2 aromatic heterocycles. The lowest BCUT2D eigenvalue weighted by atomic mass is 10.0. The minimum Gasteiger partial charge on any atom is -0.497 e. The Morgan fingerprint density at radius 1 is 1.26 bits per heavy atom. The number of piperidine rings is 1. The number of ether oxygens (including phenoxy) is 1. The van der Waals surface area contributed by atoms with Crippen LogP contribution in [0.1, 0.15) is 19.8 Å². The smallest absolute Gasteiger partial charge is 0.156 e. The number of aryl methyl sites for hydroxylation is 1. The fourth-order valence-corrected chi connectivity index (χ4v) is 3.73. The van der Waals surface area contributed by atoms with Crippen molar-refractivity contribution in [3.8, 4) is 5.75 Å². The van der Waals surface area contributed by atoms with Crippen molar-refractivity contribution < 1.29 is 4.74 Å². The van der Waals surface area contributed by atoms with Crippen LogP contribution in [0.5, 0.6) is 5.75 Å². The summed E-state index contributed by atoms with van der Waals surface area (Å²) < 4.78 is 7.59. The lowest BCUT2D eigenvalue weighted by molar-refractivity contribution is 0.415. The SMILES string of the molecule is COc1ccc2c(c1)c1ncnc(N3CCC[C@@H](C)C3)c1n2C. The van der Waals surface area contributed by atoms with E-state index < -0.39 is 0 Å². The van der Waals surface area contributed by atoms with Gasteiger partial charge in [-0.25, -0.2) is 9.97 Å². The molecule has 0 bridgehead atoms. The zero-order chi connectivity index (χ0) is 16.0. The molecule has 5 nitrogen and oxygen atoms in total. The van der Waals surface area contributed by atoms with Crippen molar-refractivity contribution >= 4 is 27.8 Å². The largest absolute Gasteiger partial charge is 0.497 e. The summed E-state index contributed by atoms with van der Waals surface area (Å²) in [4.78, 5) is 11.6. The second-order valence-electron chi connectivity index (χ2n) is 6.53. The number of rotatable bonds is 2. The lowest BCUT2D eigenvalue weighted by Gasteiger charge is -2.32. The van der Waals surface area contributed by atoms with Crippen LogP contribution >= 0.6 is 0 Å². The molecule has 0 unspecified atom stereocenters. The van der Waals surface area contributed by atoms with Crippen molar-refractivity contribution in [3.63, 3.8) is 0 Å². The van der Waals surface area contributed by atoms with Crippen LogP contribution in [-0.4, -0.2) is 34.7 Å². The first-order valence-electron chi connectivity index (χ1n) is 8.21. The summed E-state index contributed by atoms with van der Waals surface area (Å²) in [5, 5.41) is 1.12. The van der Waals surface area contributed by atoms with Gasteiger partial charge in [0.2, 0.25) is 0 Å². The van der Waals surface area contributed by atoms with Crippen molar-refractivity contribution in [1.82, 2.24) is 14.5 Å². The minimum absolute atomic E-state index is 0.712. The Balaban J connectivity index is 1.96. The van der Waals surface area contributed by atoms with Crippen LogP contribution in [0.25, 0.3) is 21.9 Å². The van der Waals surface area contributed by atoms with Crippen molar-refractivity contribution in [2.24, 2.45) is 13.0 Å². The van der Waals surface area contributed by atoms with Gasteiger partial charge < -0.3 is 14.2 Å². The van der Waals surface area contributed by atoms with E-state index in [1.54, 1.807) is 13.4 Å². The van der Waals surface area contributed by atoms with Gasteiger partial charge in [0.15, 0.2) is 5.82 Å². The van der Waals surface area contributed by atoms with Gasteiger partial charge in [-0.3, -0.25) is 0 Å². The van der Waals surface area contributed by atoms with Gasteiger partial charge in [-0.05, 0) is 37.0 Å². The average molecular weight is 310 g/mol. The fourth-order valence-electron chi connectivity index (χ4n) is 3.73. The first-order chi connectivity index (χ1) is 11.2. The monoisotopic (exact) mass is 310 g/mol. The number of nitrogens with zero attached hydrogens (tertiary/aromatic N) is 4. The van der Waals surface area contributed by atoms with Crippen molar-refractivity contribution in [2.75, 3.05) is 25.1 Å². The molecule has 1 saturated heterocycles. The molecule has 1 aromatic carbocycles. The molecule has 4 rings (SSSR count). The molecule has 23 heavy (non-hydrogen) atoms. The molecule has 3 aromatic rings. The third-order valence-corrected chi connectivity index (χ3v) is 4.92. The Kier molecular flexibility index (Phi) is 3.36. The summed E-state index contributed by atoms with van der Waals surface area (Å²) >= 11 is 0. The third kappa shape index (κ3) is 2.22. The number of methoxy groups -OCH3 is 1. The first-order valence-corrected chi connectivity index (χ1v) is 8.21. The maximum atomic E-state index is 5.38. The highest BCUT2D eigenvalue weighted by Crippen LogP contribution is 2.34. The van der Waals surface area contributed by atoms with Crippen molar-refractivity contribution in [3.05, 3.63) is 24.5 Å². The molecule has 0 aliphatic carbocycles. The molecule has 3 heterocycles. The van der Waals surface area contributed by atoms with E-state index in [1.165, 1.54) is 12.8 Å². The molecule has 5 heteroatoms. The summed E-state index contributed by atoms with van der Waals surface area (Å²) in [7, 11) is 3.79. The maximum Gasteiger partial charge on any atom is 0.156 e. The molecular weight excluding hydrogens is 288 g/mol. The maximum absolute atomic E-state index is 5.38. The number of hydrogen-bond acceptors (Lipinski definition) is 4. The molecule has 0 saturated carbocycles. The van der Waals surface area contributed by atoms with E-state index in [9.17, 15) is 0 Å². The highest BCUT2D eigenvalue weighted by molar-refractivity contribution is 6.09. The van der Waals surface area contributed by atoms with Gasteiger partial charge >= 0.3 is 0 Å². The summed E-state index contributed by atoms with van der Waals surface area (Å²) in [5.74, 6) is 2.62. The minimum atomic E-state index is 0.712. The molecule has 1 atom stereocenters. The van der Waals surface area contributed by atoms with E-state index >= 15 is 0 Å². The van der Waals surface area contributed by atoms with Crippen LogP contribution in [0.2, 0.25) is 0 Å². The summed E-state index contributed by atoms with van der Waals surface area (Å²) in [6.45, 7) is 4.45. The van der Waals surface area contributed by atoms with Gasteiger partial charge in [-0.2, -0.15) is 0 Å². The predicted molar refractivity (Wildman–Crippen MR) is 93.2 cm³/mol. The molecule has 0 amide bonds. The number of fused-ring (bicyclic) bond motifs is 3. The second kappa shape index (κ2) is 5.41. The van der Waals surface area contributed by atoms with Gasteiger partial charge in [0.1, 0.15) is 23.1 Å². The molecule has 0 N–H and O–H groups in total. The van der Waals surface area contributed by atoms with E-state index in [-0.39, 0.29) is 0 Å². The van der Waals surface area contributed by atoms with Crippen LogP contribution < -0.4 is 9.64 Å². The molecule has 0 spiro atoms. The van der Waals surface area contributed by atoms with Gasteiger partial charge in [0.25, 0.3) is 0 Å². The van der Waals surface area contributed by atoms with E-state index in [1.807, 2.05) is 6.07 Å². The second-order valence-corrected chi connectivity index (χ2v) is 6.53. The molecule has 1 fully saturated rings. The molecule has 0 radical (unpaired) electrons. The first kappa shape index (κ1) is 14.3. The number of anilines is 1. The van der Waals surface area contributed by atoms with Crippen LogP contribution in [0.15, 0.2) is 24.5 Å². The topological polar surface area (TPSA) is 43.2 Å². The Morgan fingerprint density at radius 3 is 2.91 bits per heavy atom. The average Bonchev–Trinajstić information content (AvgIpc) is 2.87. The molecule has 1 aliphatic heterocycles. The highest BCUT2D eigenvalue weighted by Gasteiger charge is 2.22. The van der Waals surface area contributed by atoms with E-state index in [4.69, 9.17) is 4.74 Å². The third-order valence-electron chi connectivity index (χ3n) is 4.92. The quantitative estimate of drug-likeness (QED) is 0.728. The summed E-state index contributed by atoms with van der Waals surface area (Å²) in [6.07, 6.45) is 4.22. The van der Waals surface area contributed by atoms with E-state index in [0.29, 0.717) is 5.92 Å². The number of benzene rings is 1. The standard InChI is InChI=1S/C18H22N4O/c1-12-5-4-8-22(10-12)18-17-16(19-11-20-18)14-9-13(23-3)6-7-15(14)21(17)2/h6-7,9,11-12H,4-5,8,10H2,1-3H3/t12-/m1/s1. The van der Waals surface area contributed by atoms with Gasteiger partial charge in [0, 0.05) is 25.5 Å². The Labute approximate surface area is 135 Å². The molecular formula is C18H22N4O. The van der Waals surface area contributed by atoms with Crippen LogP contribution in [0.4, 0.5) is 5.82 Å². The number of hydrogen-bond donors (Lipinski definition) is 0. The Morgan fingerprint density at radius 2 is 2.13 bits per heavy atom. The van der Waals surface area contributed by atoms with Gasteiger partial charge in [-0.15, -0.1) is 0 Å². The fraction of sp³-hybridized carbons (Fsp3) is 0.444. The van der Waals surface area contributed by atoms with Crippen LogP contribution in [0.3, 0.4) is 0 Å². The normalized spacial score (nSPS) is 18.7. The molecule has 120 valence electrons. The lowest BCUT2D eigenvalue weighted by Crippen LogP contribution is -2.35. The molecule has 1 aliphatic rings. The zero-order valence-electron chi connectivity index (χ0n) is 13.9. The van der Waals surface area contributed by atoms with Crippen molar-refractivity contribution in [1.29, 1.82) is 0 Å². The van der Waals surface area contributed by atoms with Crippen LogP contribution in [-0.2, 0) is 7.05 Å². The Hall–Kier alpha value is -2.30.